The molecular weight excluding hydrogens is 420 g/mol. The molecule has 4 rings (SSSR count). The van der Waals surface area contributed by atoms with Crippen LogP contribution in [0.4, 0.5) is 0 Å². The van der Waals surface area contributed by atoms with Crippen LogP contribution in [-0.2, 0) is 28.0 Å². The third kappa shape index (κ3) is 4.46. The molecule has 1 aliphatic carbocycles. The Morgan fingerprint density at radius 1 is 1.13 bits per heavy atom. The van der Waals surface area contributed by atoms with Crippen LogP contribution in [0, 0.1) is 0 Å². The zero-order valence-electron chi connectivity index (χ0n) is 18.1. The van der Waals surface area contributed by atoms with Gasteiger partial charge in [-0.3, -0.25) is 9.69 Å². The molecule has 9 heteroatoms. The quantitative estimate of drug-likeness (QED) is 0.684. The van der Waals surface area contributed by atoms with E-state index in [4.69, 9.17) is 0 Å². The van der Waals surface area contributed by atoms with E-state index in [-0.39, 0.29) is 18.0 Å². The molecule has 2 fully saturated rings. The fourth-order valence-electron chi connectivity index (χ4n) is 4.99. The Labute approximate surface area is 184 Å². The van der Waals surface area contributed by atoms with E-state index in [2.05, 4.69) is 16.3 Å². The largest absolute Gasteiger partial charge is 0.337 e. The maximum absolute atomic E-state index is 13.1. The van der Waals surface area contributed by atoms with Crippen molar-refractivity contribution in [1.29, 1.82) is 0 Å². The average Bonchev–Trinajstić information content (AvgIpc) is 3.26. The van der Waals surface area contributed by atoms with E-state index in [9.17, 15) is 13.2 Å². The summed E-state index contributed by atoms with van der Waals surface area (Å²) in [6.07, 6.45) is 6.29. The van der Waals surface area contributed by atoms with E-state index in [1.54, 1.807) is 27.0 Å². The highest BCUT2D eigenvalue weighted by Crippen LogP contribution is 2.27. The Bertz CT molecular complexity index is 842. The average molecular weight is 455 g/mol. The molecular formula is C21H34N4O3S2. The maximum atomic E-state index is 13.1. The highest BCUT2D eigenvalue weighted by Gasteiger charge is 2.37. The van der Waals surface area contributed by atoms with Crippen molar-refractivity contribution in [2.24, 2.45) is 0 Å². The summed E-state index contributed by atoms with van der Waals surface area (Å²) in [4.78, 5) is 18.6. The van der Waals surface area contributed by atoms with E-state index >= 15 is 0 Å². The van der Waals surface area contributed by atoms with Crippen molar-refractivity contribution >= 4 is 27.5 Å². The van der Waals surface area contributed by atoms with Gasteiger partial charge in [0.15, 0.2) is 0 Å². The molecule has 1 saturated carbocycles. The van der Waals surface area contributed by atoms with E-state index < -0.39 is 10.2 Å². The SMILES string of the molecule is CC(C(=O)N1CCc2sccc2C1)N1CCN(S(=O)(=O)N(C)C2CCCCC2)CC1. The van der Waals surface area contributed by atoms with Gasteiger partial charge in [0, 0.05) is 57.2 Å². The topological polar surface area (TPSA) is 64.2 Å². The molecule has 1 amide bonds. The van der Waals surface area contributed by atoms with E-state index in [0.717, 1.165) is 38.6 Å². The Balaban J connectivity index is 1.32. The Hall–Kier alpha value is -1.00. The number of hydrogen-bond donors (Lipinski definition) is 0. The lowest BCUT2D eigenvalue weighted by Gasteiger charge is -2.41. The Morgan fingerprint density at radius 3 is 2.53 bits per heavy atom. The molecule has 0 bridgehead atoms. The van der Waals surface area contributed by atoms with Gasteiger partial charge in [0.25, 0.3) is 10.2 Å². The zero-order chi connectivity index (χ0) is 21.3. The molecule has 0 spiro atoms. The summed E-state index contributed by atoms with van der Waals surface area (Å²) < 4.78 is 29.4. The molecule has 2 aliphatic heterocycles. The number of nitrogens with zero attached hydrogens (tertiary/aromatic N) is 4. The van der Waals surface area contributed by atoms with Gasteiger partial charge < -0.3 is 4.90 Å². The third-order valence-corrected chi connectivity index (χ3v) is 10.1. The maximum Gasteiger partial charge on any atom is 0.282 e. The van der Waals surface area contributed by atoms with Gasteiger partial charge in [0.2, 0.25) is 5.91 Å². The summed E-state index contributed by atoms with van der Waals surface area (Å²) >= 11 is 1.78. The fraction of sp³-hybridized carbons (Fsp3) is 0.762. The van der Waals surface area contributed by atoms with Crippen molar-refractivity contribution < 1.29 is 13.2 Å². The van der Waals surface area contributed by atoms with E-state index in [0.29, 0.717) is 32.7 Å². The number of thiophene rings is 1. The van der Waals surface area contributed by atoms with Crippen LogP contribution in [-0.4, -0.2) is 84.6 Å². The highest BCUT2D eigenvalue weighted by molar-refractivity contribution is 7.86. The number of rotatable bonds is 5. The van der Waals surface area contributed by atoms with Crippen molar-refractivity contribution in [2.75, 3.05) is 39.8 Å². The molecule has 1 saturated heterocycles. The second-order valence-electron chi connectivity index (χ2n) is 8.81. The standard InChI is InChI=1S/C21H34N4O3S2/c1-17(21(26)24-10-8-20-18(16-24)9-15-29-20)23-11-13-25(14-12-23)30(27,28)22(2)19-6-4-3-5-7-19/h9,15,17,19H,3-8,10-14,16H2,1-2H3. The number of carbonyl (C=O) groups excluding carboxylic acids is 1. The third-order valence-electron chi connectivity index (χ3n) is 7.08. The molecule has 1 unspecified atom stereocenters. The predicted octanol–water partition coefficient (Wildman–Crippen LogP) is 2.15. The molecule has 1 aromatic heterocycles. The summed E-state index contributed by atoms with van der Waals surface area (Å²) in [6.45, 7) is 5.53. The minimum Gasteiger partial charge on any atom is -0.337 e. The minimum atomic E-state index is -3.43. The van der Waals surface area contributed by atoms with Crippen molar-refractivity contribution in [1.82, 2.24) is 18.4 Å². The summed E-state index contributed by atoms with van der Waals surface area (Å²) in [5.41, 5.74) is 1.27. The van der Waals surface area contributed by atoms with E-state index in [1.165, 1.54) is 16.9 Å². The monoisotopic (exact) mass is 454 g/mol. The normalized spacial score (nSPS) is 23.5. The molecule has 3 heterocycles. The van der Waals surface area contributed by atoms with Crippen molar-refractivity contribution in [3.8, 4) is 0 Å². The van der Waals surface area contributed by atoms with Gasteiger partial charge in [-0.05, 0) is 43.2 Å². The van der Waals surface area contributed by atoms with Crippen LogP contribution in [0.1, 0.15) is 49.5 Å². The van der Waals surface area contributed by atoms with Gasteiger partial charge in [0.05, 0.1) is 6.04 Å². The Morgan fingerprint density at radius 2 is 1.83 bits per heavy atom. The van der Waals surface area contributed by atoms with Crippen molar-refractivity contribution in [3.05, 3.63) is 21.9 Å². The number of hydrogen-bond acceptors (Lipinski definition) is 5. The smallest absolute Gasteiger partial charge is 0.282 e. The molecule has 0 N–H and O–H groups in total. The van der Waals surface area contributed by atoms with Crippen molar-refractivity contribution in [2.45, 2.75) is 64.1 Å². The van der Waals surface area contributed by atoms with Crippen LogP contribution in [0.3, 0.4) is 0 Å². The Kier molecular flexibility index (Phi) is 6.84. The summed E-state index contributed by atoms with van der Waals surface area (Å²) in [7, 11) is -1.70. The van der Waals surface area contributed by atoms with Gasteiger partial charge in [-0.25, -0.2) is 0 Å². The second kappa shape index (κ2) is 9.24. The molecule has 30 heavy (non-hydrogen) atoms. The van der Waals surface area contributed by atoms with E-state index in [1.807, 2.05) is 11.8 Å². The number of carbonyl (C=O) groups is 1. The van der Waals surface area contributed by atoms with Crippen LogP contribution in [0.5, 0.6) is 0 Å². The predicted molar refractivity (Wildman–Crippen MR) is 120 cm³/mol. The highest BCUT2D eigenvalue weighted by atomic mass is 32.2. The molecule has 1 aromatic rings. The van der Waals surface area contributed by atoms with Gasteiger partial charge in [-0.2, -0.15) is 17.0 Å². The first-order valence-electron chi connectivity index (χ1n) is 11.2. The van der Waals surface area contributed by atoms with Gasteiger partial charge in [-0.1, -0.05) is 19.3 Å². The fourth-order valence-corrected chi connectivity index (χ4v) is 7.46. The lowest BCUT2D eigenvalue weighted by Crippen LogP contribution is -2.58. The van der Waals surface area contributed by atoms with Crippen LogP contribution < -0.4 is 0 Å². The van der Waals surface area contributed by atoms with Crippen LogP contribution in [0.25, 0.3) is 0 Å². The molecule has 3 aliphatic rings. The lowest BCUT2D eigenvalue weighted by molar-refractivity contribution is -0.137. The van der Waals surface area contributed by atoms with Gasteiger partial charge >= 0.3 is 0 Å². The van der Waals surface area contributed by atoms with Crippen LogP contribution in [0.15, 0.2) is 11.4 Å². The van der Waals surface area contributed by atoms with Gasteiger partial charge in [0.1, 0.15) is 0 Å². The first kappa shape index (κ1) is 22.2. The lowest BCUT2D eigenvalue weighted by atomic mass is 9.96. The minimum absolute atomic E-state index is 0.128. The second-order valence-corrected chi connectivity index (χ2v) is 11.8. The first-order valence-corrected chi connectivity index (χ1v) is 13.5. The molecule has 7 nitrogen and oxygen atoms in total. The number of fused-ring (bicyclic) bond motifs is 1. The molecule has 0 aromatic carbocycles. The molecule has 168 valence electrons. The summed E-state index contributed by atoms with van der Waals surface area (Å²) in [6, 6.07) is 2.03. The summed E-state index contributed by atoms with van der Waals surface area (Å²) in [5.74, 6) is 0.155. The van der Waals surface area contributed by atoms with Crippen LogP contribution >= 0.6 is 11.3 Å². The van der Waals surface area contributed by atoms with Crippen LogP contribution in [0.2, 0.25) is 0 Å². The number of amides is 1. The molecule has 1 atom stereocenters. The first-order chi connectivity index (χ1) is 14.4. The zero-order valence-corrected chi connectivity index (χ0v) is 19.8. The number of piperazine rings is 1. The van der Waals surface area contributed by atoms with Gasteiger partial charge in [-0.15, -0.1) is 11.3 Å². The summed E-state index contributed by atoms with van der Waals surface area (Å²) in [5, 5.41) is 2.10. The van der Waals surface area contributed by atoms with Crippen molar-refractivity contribution in [3.63, 3.8) is 0 Å². The molecule has 0 radical (unpaired) electrons.